The first kappa shape index (κ1) is 21.8. The van der Waals surface area contributed by atoms with Crippen LogP contribution in [0.1, 0.15) is 84.6 Å². The highest BCUT2D eigenvalue weighted by molar-refractivity contribution is 5.87. The zero-order valence-electron chi connectivity index (χ0n) is 20.4. The Kier molecular flexibility index (Phi) is 5.03. The van der Waals surface area contributed by atoms with Crippen molar-refractivity contribution in [3.63, 3.8) is 0 Å². The van der Waals surface area contributed by atoms with Crippen LogP contribution in [0.3, 0.4) is 0 Å². The summed E-state index contributed by atoms with van der Waals surface area (Å²) in [5.74, 6) is 4.25. The largest absolute Gasteiger partial charge is 0.390 e. The summed E-state index contributed by atoms with van der Waals surface area (Å²) in [5.41, 5.74) is 1.48. The Morgan fingerprint density at radius 2 is 1.82 bits per heavy atom. The van der Waals surface area contributed by atoms with Gasteiger partial charge in [-0.15, -0.1) is 5.10 Å². The van der Waals surface area contributed by atoms with Gasteiger partial charge in [-0.05, 0) is 119 Å². The third kappa shape index (κ3) is 3.32. The standard InChI is InChI=1S/C28H39N3O2/c1-17(31-25-7-5-4-6-24(25)29-30-31)26(32)23-11-10-22-21-9-8-18-16-27(2,33)14-12-19(18)20(21)13-15-28(22,23)3/h4-7,17-23,33H,8-16H2,1-3H3/t17-,18-,19-,20+,21+,22-,23+,27+,28-/m0/s1. The van der Waals surface area contributed by atoms with Gasteiger partial charge in [0, 0.05) is 5.92 Å². The zero-order chi connectivity index (χ0) is 23.0. The first-order valence-corrected chi connectivity index (χ1v) is 13.3. The van der Waals surface area contributed by atoms with E-state index in [2.05, 4.69) is 17.2 Å². The lowest BCUT2D eigenvalue weighted by atomic mass is 9.49. The van der Waals surface area contributed by atoms with Crippen LogP contribution in [0.15, 0.2) is 24.3 Å². The lowest BCUT2D eigenvalue weighted by molar-refractivity contribution is -0.135. The van der Waals surface area contributed by atoms with E-state index in [0.717, 1.165) is 48.0 Å². The summed E-state index contributed by atoms with van der Waals surface area (Å²) >= 11 is 0. The molecule has 5 nitrogen and oxygen atoms in total. The molecule has 1 N–H and O–H groups in total. The number of Topliss-reactive ketones (excluding diaryl/α,β-unsaturated/α-hetero) is 1. The molecular formula is C28H39N3O2. The number of nitrogens with zero attached hydrogens (tertiary/aromatic N) is 3. The van der Waals surface area contributed by atoms with Crippen molar-refractivity contribution in [2.75, 3.05) is 0 Å². The Morgan fingerprint density at radius 1 is 1.03 bits per heavy atom. The molecule has 0 bridgehead atoms. The Hall–Kier alpha value is -1.75. The van der Waals surface area contributed by atoms with Crippen molar-refractivity contribution in [3.05, 3.63) is 24.3 Å². The molecule has 1 aromatic heterocycles. The van der Waals surface area contributed by atoms with E-state index in [4.69, 9.17) is 0 Å². The van der Waals surface area contributed by atoms with E-state index in [1.165, 1.54) is 38.5 Å². The molecule has 0 aliphatic heterocycles. The van der Waals surface area contributed by atoms with E-state index in [9.17, 15) is 9.90 Å². The molecular weight excluding hydrogens is 410 g/mol. The van der Waals surface area contributed by atoms with Crippen molar-refractivity contribution in [2.24, 2.45) is 40.9 Å². The third-order valence-corrected chi connectivity index (χ3v) is 10.7. The topological polar surface area (TPSA) is 68.0 Å². The van der Waals surface area contributed by atoms with Gasteiger partial charge >= 0.3 is 0 Å². The fourth-order valence-corrected chi connectivity index (χ4v) is 9.13. The van der Waals surface area contributed by atoms with Crippen LogP contribution in [0.25, 0.3) is 11.0 Å². The maximum absolute atomic E-state index is 13.9. The predicted octanol–water partition coefficient (Wildman–Crippen LogP) is 5.58. The predicted molar refractivity (Wildman–Crippen MR) is 128 cm³/mol. The summed E-state index contributed by atoms with van der Waals surface area (Å²) < 4.78 is 1.85. The van der Waals surface area contributed by atoms with Crippen LogP contribution in [0.4, 0.5) is 0 Å². The third-order valence-electron chi connectivity index (χ3n) is 10.7. The molecule has 0 spiro atoms. The molecule has 4 saturated carbocycles. The van der Waals surface area contributed by atoms with Gasteiger partial charge in [0.25, 0.3) is 0 Å². The maximum Gasteiger partial charge on any atom is 0.160 e. The number of hydrogen-bond donors (Lipinski definition) is 1. The summed E-state index contributed by atoms with van der Waals surface area (Å²) in [7, 11) is 0. The molecule has 0 saturated heterocycles. The summed E-state index contributed by atoms with van der Waals surface area (Å²) in [6.45, 7) is 6.50. The van der Waals surface area contributed by atoms with Gasteiger partial charge in [-0.25, -0.2) is 4.68 Å². The van der Waals surface area contributed by atoms with Crippen LogP contribution in [0.5, 0.6) is 0 Å². The van der Waals surface area contributed by atoms with Crippen molar-refractivity contribution in [1.82, 2.24) is 15.0 Å². The number of para-hydroxylation sites is 1. The quantitative estimate of drug-likeness (QED) is 0.664. The van der Waals surface area contributed by atoms with Gasteiger partial charge in [0.1, 0.15) is 11.6 Å². The molecule has 2 aromatic rings. The van der Waals surface area contributed by atoms with Crippen LogP contribution in [-0.4, -0.2) is 31.5 Å². The molecule has 178 valence electrons. The number of carbonyl (C=O) groups excluding carboxylic acids is 1. The van der Waals surface area contributed by atoms with Gasteiger partial charge in [0.15, 0.2) is 5.78 Å². The van der Waals surface area contributed by atoms with E-state index >= 15 is 0 Å². The number of fused-ring (bicyclic) bond motifs is 6. The maximum atomic E-state index is 13.9. The molecule has 6 rings (SSSR count). The molecule has 4 aliphatic rings. The molecule has 0 amide bonds. The van der Waals surface area contributed by atoms with Gasteiger partial charge < -0.3 is 5.11 Å². The molecule has 33 heavy (non-hydrogen) atoms. The summed E-state index contributed by atoms with van der Waals surface area (Å²) in [5, 5.41) is 19.3. The number of ketones is 1. The monoisotopic (exact) mass is 449 g/mol. The van der Waals surface area contributed by atoms with Crippen molar-refractivity contribution < 1.29 is 9.90 Å². The highest BCUT2D eigenvalue weighted by Crippen LogP contribution is 2.65. The lowest BCUT2D eigenvalue weighted by Gasteiger charge is -2.57. The van der Waals surface area contributed by atoms with Gasteiger partial charge in [-0.3, -0.25) is 4.79 Å². The highest BCUT2D eigenvalue weighted by Gasteiger charge is 2.59. The summed E-state index contributed by atoms with van der Waals surface area (Å²) in [4.78, 5) is 13.9. The number of benzene rings is 1. The van der Waals surface area contributed by atoms with Crippen LogP contribution in [-0.2, 0) is 4.79 Å². The Morgan fingerprint density at radius 3 is 2.67 bits per heavy atom. The summed E-state index contributed by atoms with van der Waals surface area (Å²) in [6, 6.07) is 7.67. The van der Waals surface area contributed by atoms with Crippen molar-refractivity contribution in [3.8, 4) is 0 Å². The van der Waals surface area contributed by atoms with Crippen molar-refractivity contribution >= 4 is 16.8 Å². The van der Waals surface area contributed by atoms with Crippen LogP contribution >= 0.6 is 0 Å². The van der Waals surface area contributed by atoms with Crippen LogP contribution in [0.2, 0.25) is 0 Å². The second kappa shape index (κ2) is 7.63. The second-order valence-electron chi connectivity index (χ2n) is 12.5. The van der Waals surface area contributed by atoms with Crippen LogP contribution in [0, 0.1) is 40.9 Å². The average molecular weight is 450 g/mol. The second-order valence-corrected chi connectivity index (χ2v) is 12.5. The SMILES string of the molecule is C[C@@H](C(=O)[C@H]1CC[C@H]2[C@@H]3CC[C@H]4C[C@](C)(O)CC[C@@H]4[C@H]3CC[C@]12C)n1nnc2ccccc21. The normalized spacial score (nSPS) is 43.5. The lowest BCUT2D eigenvalue weighted by Crippen LogP contribution is -2.51. The van der Waals surface area contributed by atoms with E-state index in [1.54, 1.807) is 0 Å². The van der Waals surface area contributed by atoms with E-state index in [1.807, 2.05) is 42.8 Å². The Labute approximate surface area is 197 Å². The summed E-state index contributed by atoms with van der Waals surface area (Å²) in [6.07, 6.45) is 10.4. The van der Waals surface area contributed by atoms with Gasteiger partial charge in [-0.1, -0.05) is 24.3 Å². The minimum absolute atomic E-state index is 0.121. The van der Waals surface area contributed by atoms with Gasteiger partial charge in [0.05, 0.1) is 11.1 Å². The molecule has 1 aromatic carbocycles. The van der Waals surface area contributed by atoms with E-state index in [0.29, 0.717) is 17.6 Å². The first-order chi connectivity index (χ1) is 15.8. The average Bonchev–Trinajstić information content (AvgIpc) is 3.38. The molecule has 4 aliphatic carbocycles. The fraction of sp³-hybridized carbons (Fsp3) is 0.750. The number of hydrogen-bond acceptors (Lipinski definition) is 4. The number of carbonyl (C=O) groups is 1. The minimum atomic E-state index is -0.455. The van der Waals surface area contributed by atoms with Crippen molar-refractivity contribution in [1.29, 1.82) is 0 Å². The first-order valence-electron chi connectivity index (χ1n) is 13.3. The molecule has 9 atom stereocenters. The Balaban J connectivity index is 1.22. The number of aliphatic hydroxyl groups is 1. The molecule has 0 unspecified atom stereocenters. The number of aromatic nitrogens is 3. The number of rotatable bonds is 3. The smallest absolute Gasteiger partial charge is 0.160 e. The van der Waals surface area contributed by atoms with Gasteiger partial charge in [-0.2, -0.15) is 0 Å². The molecule has 0 radical (unpaired) electrons. The fourth-order valence-electron chi connectivity index (χ4n) is 9.13. The van der Waals surface area contributed by atoms with E-state index in [-0.39, 0.29) is 17.4 Å². The van der Waals surface area contributed by atoms with Gasteiger partial charge in [0.2, 0.25) is 0 Å². The minimum Gasteiger partial charge on any atom is -0.390 e. The molecule has 4 fully saturated rings. The zero-order valence-corrected chi connectivity index (χ0v) is 20.4. The highest BCUT2D eigenvalue weighted by atomic mass is 16.3. The molecule has 1 heterocycles. The van der Waals surface area contributed by atoms with Crippen LogP contribution < -0.4 is 0 Å². The van der Waals surface area contributed by atoms with Crippen molar-refractivity contribution in [2.45, 2.75) is 90.2 Å². The van der Waals surface area contributed by atoms with E-state index < -0.39 is 5.60 Å². The Bertz CT molecular complexity index is 1060. The molecule has 5 heteroatoms.